The zero-order valence-corrected chi connectivity index (χ0v) is 12.9. The van der Waals surface area contributed by atoms with Crippen molar-refractivity contribution < 1.29 is 9.53 Å². The molecule has 4 nitrogen and oxygen atoms in total. The summed E-state index contributed by atoms with van der Waals surface area (Å²) in [6.07, 6.45) is 2.15. The number of hydrogen-bond donors (Lipinski definition) is 0. The fourth-order valence-electron chi connectivity index (χ4n) is 2.72. The highest BCUT2D eigenvalue weighted by Crippen LogP contribution is 2.32. The van der Waals surface area contributed by atoms with Crippen molar-refractivity contribution >= 4 is 43.3 Å². The predicted octanol–water partition coefficient (Wildman–Crippen LogP) is 3.81. The minimum Gasteiger partial charge on any atom is -0.466 e. The van der Waals surface area contributed by atoms with Gasteiger partial charge in [-0.3, -0.25) is 9.20 Å². The first-order chi connectivity index (χ1) is 10.8. The normalized spacial score (nSPS) is 11.5. The molecule has 0 amide bonds. The average molecular weight is 310 g/mol. The van der Waals surface area contributed by atoms with Crippen LogP contribution < -0.4 is 0 Å². The van der Waals surface area contributed by atoms with E-state index < -0.39 is 0 Å². The van der Waals surface area contributed by atoms with Crippen molar-refractivity contribution in [2.75, 3.05) is 6.61 Å². The lowest BCUT2D eigenvalue weighted by atomic mass is 10.1. The Hall–Kier alpha value is -2.40. The Morgan fingerprint density at radius 2 is 2.14 bits per heavy atom. The Kier molecular flexibility index (Phi) is 3.08. The molecule has 0 atom stereocenters. The van der Waals surface area contributed by atoms with Crippen LogP contribution in [0.15, 0.2) is 42.6 Å². The van der Waals surface area contributed by atoms with E-state index in [1.807, 2.05) is 19.2 Å². The molecule has 0 radical (unpaired) electrons. The number of carbonyl (C=O) groups excluding carboxylic acids is 1. The number of esters is 1. The van der Waals surface area contributed by atoms with Crippen molar-refractivity contribution in [1.29, 1.82) is 0 Å². The lowest BCUT2D eigenvalue weighted by Gasteiger charge is -1.99. The van der Waals surface area contributed by atoms with E-state index in [1.165, 1.54) is 15.5 Å². The van der Waals surface area contributed by atoms with Gasteiger partial charge in [-0.2, -0.15) is 0 Å². The third kappa shape index (κ3) is 2.05. The maximum atomic E-state index is 11.6. The molecule has 0 aliphatic carbocycles. The Balaban J connectivity index is 1.85. The van der Waals surface area contributed by atoms with Gasteiger partial charge in [0.1, 0.15) is 0 Å². The highest BCUT2D eigenvalue weighted by molar-refractivity contribution is 7.24. The van der Waals surface area contributed by atoms with Gasteiger partial charge in [0.25, 0.3) is 0 Å². The van der Waals surface area contributed by atoms with Crippen LogP contribution in [0.1, 0.15) is 12.6 Å². The standard InChI is InChI=1S/C17H14N2O2S/c1-2-21-15(20)9-12-10-19-14-8-7-11-5-3-4-6-13(11)16(14)22-17(19)18-12/h3-8,10H,2,9H2,1H3. The zero-order chi connectivity index (χ0) is 15.1. The quantitative estimate of drug-likeness (QED) is 0.540. The molecule has 0 fully saturated rings. The second-order valence-corrected chi connectivity index (χ2v) is 6.08. The van der Waals surface area contributed by atoms with Gasteiger partial charge in [0.2, 0.25) is 0 Å². The van der Waals surface area contributed by atoms with E-state index in [4.69, 9.17) is 4.74 Å². The molecule has 0 saturated heterocycles. The molecule has 0 aliphatic rings. The molecule has 0 aliphatic heterocycles. The van der Waals surface area contributed by atoms with E-state index in [0.29, 0.717) is 6.61 Å². The van der Waals surface area contributed by atoms with E-state index in [1.54, 1.807) is 11.3 Å². The number of thiazole rings is 1. The van der Waals surface area contributed by atoms with Crippen LogP contribution in [0, 0.1) is 0 Å². The molecule has 2 heterocycles. The van der Waals surface area contributed by atoms with Gasteiger partial charge in [0.15, 0.2) is 4.96 Å². The summed E-state index contributed by atoms with van der Waals surface area (Å²) in [5.74, 6) is -0.233. The molecule has 22 heavy (non-hydrogen) atoms. The summed E-state index contributed by atoms with van der Waals surface area (Å²) in [4.78, 5) is 17.0. The van der Waals surface area contributed by atoms with E-state index in [0.717, 1.165) is 16.2 Å². The second-order valence-electron chi connectivity index (χ2n) is 5.10. The maximum Gasteiger partial charge on any atom is 0.311 e. The van der Waals surface area contributed by atoms with Crippen molar-refractivity contribution in [2.45, 2.75) is 13.3 Å². The smallest absolute Gasteiger partial charge is 0.311 e. The number of hydrogen-bond acceptors (Lipinski definition) is 4. The monoisotopic (exact) mass is 310 g/mol. The van der Waals surface area contributed by atoms with E-state index in [-0.39, 0.29) is 12.4 Å². The molecule has 0 N–H and O–H groups in total. The summed E-state index contributed by atoms with van der Waals surface area (Å²) in [6, 6.07) is 12.6. The Bertz CT molecular complexity index is 1000. The molecule has 4 aromatic rings. The number of benzene rings is 2. The SMILES string of the molecule is CCOC(=O)Cc1cn2c(n1)sc1c3ccccc3ccc12. The van der Waals surface area contributed by atoms with Gasteiger partial charge in [-0.05, 0) is 18.4 Å². The van der Waals surface area contributed by atoms with Crippen molar-refractivity contribution in [3.05, 3.63) is 48.3 Å². The Labute approximate surface area is 131 Å². The van der Waals surface area contributed by atoms with Crippen LogP contribution in [0.2, 0.25) is 0 Å². The van der Waals surface area contributed by atoms with Gasteiger partial charge in [0.05, 0.1) is 28.9 Å². The van der Waals surface area contributed by atoms with Crippen molar-refractivity contribution in [1.82, 2.24) is 9.38 Å². The summed E-state index contributed by atoms with van der Waals surface area (Å²) in [6.45, 7) is 2.21. The van der Waals surface area contributed by atoms with Gasteiger partial charge < -0.3 is 4.74 Å². The number of rotatable bonds is 3. The van der Waals surface area contributed by atoms with Crippen LogP contribution in [0.3, 0.4) is 0 Å². The average Bonchev–Trinajstić information content (AvgIpc) is 3.04. The van der Waals surface area contributed by atoms with Crippen LogP contribution in [-0.2, 0) is 16.0 Å². The topological polar surface area (TPSA) is 43.6 Å². The maximum absolute atomic E-state index is 11.6. The molecule has 0 unspecified atom stereocenters. The second kappa shape index (κ2) is 5.10. The molecule has 0 spiro atoms. The Morgan fingerprint density at radius 3 is 3.00 bits per heavy atom. The highest BCUT2D eigenvalue weighted by atomic mass is 32.1. The first-order valence-corrected chi connectivity index (χ1v) is 8.02. The fraction of sp³-hybridized carbons (Fsp3) is 0.176. The number of fused-ring (bicyclic) bond motifs is 5. The lowest BCUT2D eigenvalue weighted by molar-refractivity contribution is -0.142. The molecule has 0 saturated carbocycles. The third-order valence-electron chi connectivity index (χ3n) is 3.67. The van der Waals surface area contributed by atoms with E-state index in [9.17, 15) is 4.79 Å². The van der Waals surface area contributed by atoms with Crippen LogP contribution in [0.25, 0.3) is 25.9 Å². The van der Waals surface area contributed by atoms with Crippen LogP contribution >= 0.6 is 11.3 Å². The summed E-state index contributed by atoms with van der Waals surface area (Å²) < 4.78 is 8.26. The number of ether oxygens (including phenoxy) is 1. The van der Waals surface area contributed by atoms with Gasteiger partial charge >= 0.3 is 5.97 Å². The molecule has 5 heteroatoms. The van der Waals surface area contributed by atoms with Gasteiger partial charge in [0, 0.05) is 11.6 Å². The van der Waals surface area contributed by atoms with Gasteiger partial charge in [-0.25, -0.2) is 4.98 Å². The minimum absolute atomic E-state index is 0.220. The number of nitrogens with zero attached hydrogens (tertiary/aromatic N) is 2. The van der Waals surface area contributed by atoms with E-state index >= 15 is 0 Å². The van der Waals surface area contributed by atoms with Crippen LogP contribution in [0.5, 0.6) is 0 Å². The van der Waals surface area contributed by atoms with Crippen molar-refractivity contribution in [3.8, 4) is 0 Å². The fourth-order valence-corrected chi connectivity index (χ4v) is 3.88. The molecule has 0 bridgehead atoms. The summed E-state index contributed by atoms with van der Waals surface area (Å²) in [7, 11) is 0. The third-order valence-corrected chi connectivity index (χ3v) is 4.77. The number of aromatic nitrogens is 2. The molecule has 2 aromatic carbocycles. The van der Waals surface area contributed by atoms with Crippen molar-refractivity contribution in [3.63, 3.8) is 0 Å². The lowest BCUT2D eigenvalue weighted by Crippen LogP contribution is -2.07. The molecular formula is C17H14N2O2S. The van der Waals surface area contributed by atoms with E-state index in [2.05, 4.69) is 39.7 Å². The van der Waals surface area contributed by atoms with Gasteiger partial charge in [-0.1, -0.05) is 41.7 Å². The number of carbonyl (C=O) groups is 1. The molecule has 110 valence electrons. The first kappa shape index (κ1) is 13.3. The minimum atomic E-state index is -0.233. The zero-order valence-electron chi connectivity index (χ0n) is 12.1. The summed E-state index contributed by atoms with van der Waals surface area (Å²) in [5, 5.41) is 2.47. The van der Waals surface area contributed by atoms with Crippen molar-refractivity contribution in [2.24, 2.45) is 0 Å². The Morgan fingerprint density at radius 1 is 1.27 bits per heavy atom. The first-order valence-electron chi connectivity index (χ1n) is 7.20. The largest absolute Gasteiger partial charge is 0.466 e. The summed E-state index contributed by atoms with van der Waals surface area (Å²) in [5.41, 5.74) is 1.88. The highest BCUT2D eigenvalue weighted by Gasteiger charge is 2.13. The van der Waals surface area contributed by atoms with Crippen LogP contribution in [-0.4, -0.2) is 22.0 Å². The molecule has 2 aromatic heterocycles. The predicted molar refractivity (Wildman–Crippen MR) is 88.4 cm³/mol. The van der Waals surface area contributed by atoms with Gasteiger partial charge in [-0.15, -0.1) is 0 Å². The van der Waals surface area contributed by atoms with Crippen LogP contribution in [0.4, 0.5) is 0 Å². The molecular weight excluding hydrogens is 296 g/mol. The molecule has 4 rings (SSSR count). The summed E-state index contributed by atoms with van der Waals surface area (Å²) >= 11 is 1.65. The number of imidazole rings is 1.